The fourth-order valence-electron chi connectivity index (χ4n) is 0.702. The summed E-state index contributed by atoms with van der Waals surface area (Å²) < 4.78 is 29.3. The van der Waals surface area contributed by atoms with Gasteiger partial charge in [0.25, 0.3) is 0 Å². The van der Waals surface area contributed by atoms with Crippen molar-refractivity contribution in [3.63, 3.8) is 0 Å². The van der Waals surface area contributed by atoms with Crippen molar-refractivity contribution >= 4 is 5.97 Å². The Morgan fingerprint density at radius 1 is 1.46 bits per heavy atom. The Hall–Kier alpha value is -1.65. The summed E-state index contributed by atoms with van der Waals surface area (Å²) in [5.74, 6) is -3.01. The number of alkyl halides is 1. The smallest absolute Gasteiger partial charge is 0.378 e. The van der Waals surface area contributed by atoms with E-state index in [4.69, 9.17) is 5.11 Å². The van der Waals surface area contributed by atoms with Gasteiger partial charge in [-0.25, -0.2) is 9.18 Å². The van der Waals surface area contributed by atoms with Crippen LogP contribution in [0.4, 0.5) is 8.78 Å². The van der Waals surface area contributed by atoms with E-state index in [0.717, 1.165) is 12.1 Å². The van der Waals surface area contributed by atoms with Gasteiger partial charge in [-0.1, -0.05) is 12.1 Å². The standard InChI is InChI=1S/C8H6F2O3/c9-5-3-1-2-4-6(5)13-7(10)8(11)12/h1-4,7H,(H,11,12). The molecule has 1 rings (SSSR count). The minimum Gasteiger partial charge on any atom is -0.476 e. The molecule has 0 aromatic heterocycles. The number of hydrogen-bond acceptors (Lipinski definition) is 2. The molecule has 70 valence electrons. The first-order valence-electron chi connectivity index (χ1n) is 3.39. The summed E-state index contributed by atoms with van der Waals surface area (Å²) in [5.41, 5.74) is 0. The Kier molecular flexibility index (Phi) is 2.79. The average molecular weight is 188 g/mol. The predicted molar refractivity (Wildman–Crippen MR) is 39.6 cm³/mol. The van der Waals surface area contributed by atoms with Crippen molar-refractivity contribution in [2.75, 3.05) is 0 Å². The summed E-state index contributed by atoms with van der Waals surface area (Å²) in [6.07, 6.45) is -2.54. The third-order valence-corrected chi connectivity index (χ3v) is 1.26. The number of aliphatic carboxylic acids is 1. The molecule has 0 saturated carbocycles. The second-order valence-electron chi connectivity index (χ2n) is 2.20. The lowest BCUT2D eigenvalue weighted by atomic mass is 10.3. The van der Waals surface area contributed by atoms with Gasteiger partial charge in [-0.15, -0.1) is 0 Å². The lowest BCUT2D eigenvalue weighted by molar-refractivity contribution is -0.153. The first-order chi connectivity index (χ1) is 6.11. The molecular formula is C8H6F2O3. The van der Waals surface area contributed by atoms with E-state index in [1.807, 2.05) is 0 Å². The molecule has 5 heteroatoms. The minimum atomic E-state index is -2.54. The van der Waals surface area contributed by atoms with Gasteiger partial charge in [-0.2, -0.15) is 4.39 Å². The second kappa shape index (κ2) is 3.84. The second-order valence-corrected chi connectivity index (χ2v) is 2.20. The fraction of sp³-hybridized carbons (Fsp3) is 0.125. The van der Waals surface area contributed by atoms with Gasteiger partial charge in [0.2, 0.25) is 0 Å². The molecule has 0 bridgehead atoms. The summed E-state index contributed by atoms with van der Waals surface area (Å²) in [7, 11) is 0. The molecule has 0 aliphatic heterocycles. The summed E-state index contributed by atoms with van der Waals surface area (Å²) >= 11 is 0. The zero-order valence-electron chi connectivity index (χ0n) is 6.41. The lowest BCUT2D eigenvalue weighted by Gasteiger charge is -2.07. The number of ether oxygens (including phenoxy) is 1. The quantitative estimate of drug-likeness (QED) is 0.783. The summed E-state index contributed by atoms with van der Waals surface area (Å²) in [4.78, 5) is 9.99. The van der Waals surface area contributed by atoms with E-state index in [0.29, 0.717) is 0 Å². The number of carboxylic acid groups (broad SMARTS) is 1. The molecule has 0 aliphatic carbocycles. The number of carboxylic acids is 1. The number of carbonyl (C=O) groups is 1. The van der Waals surface area contributed by atoms with Crippen molar-refractivity contribution in [3.8, 4) is 5.75 Å². The van der Waals surface area contributed by atoms with Gasteiger partial charge in [-0.05, 0) is 12.1 Å². The van der Waals surface area contributed by atoms with Crippen molar-refractivity contribution < 1.29 is 23.4 Å². The van der Waals surface area contributed by atoms with E-state index in [1.54, 1.807) is 0 Å². The first-order valence-corrected chi connectivity index (χ1v) is 3.39. The van der Waals surface area contributed by atoms with Gasteiger partial charge in [0.05, 0.1) is 0 Å². The molecule has 0 radical (unpaired) electrons. The van der Waals surface area contributed by atoms with Crippen molar-refractivity contribution in [2.24, 2.45) is 0 Å². The van der Waals surface area contributed by atoms with E-state index in [1.165, 1.54) is 12.1 Å². The van der Waals surface area contributed by atoms with Crippen LogP contribution < -0.4 is 4.74 Å². The van der Waals surface area contributed by atoms with E-state index >= 15 is 0 Å². The number of rotatable bonds is 3. The number of hydrogen-bond donors (Lipinski definition) is 1. The normalized spacial score (nSPS) is 12.2. The molecule has 1 unspecified atom stereocenters. The molecule has 13 heavy (non-hydrogen) atoms. The Balaban J connectivity index is 2.74. The number of benzene rings is 1. The largest absolute Gasteiger partial charge is 0.476 e. The van der Waals surface area contributed by atoms with Crippen LogP contribution in [0.3, 0.4) is 0 Å². The van der Waals surface area contributed by atoms with Crippen LogP contribution in [0.2, 0.25) is 0 Å². The first kappa shape index (κ1) is 9.44. The van der Waals surface area contributed by atoms with Crippen LogP contribution in [0, 0.1) is 5.82 Å². The van der Waals surface area contributed by atoms with E-state index in [2.05, 4.69) is 4.74 Å². The highest BCUT2D eigenvalue weighted by Gasteiger charge is 2.18. The van der Waals surface area contributed by atoms with Crippen LogP contribution in [0.25, 0.3) is 0 Å². The Bertz CT molecular complexity index is 314. The maximum absolute atomic E-state index is 12.7. The Morgan fingerprint density at radius 2 is 2.08 bits per heavy atom. The van der Waals surface area contributed by atoms with E-state index in [9.17, 15) is 13.6 Å². The molecule has 1 aromatic carbocycles. The van der Waals surface area contributed by atoms with Crippen molar-refractivity contribution in [1.29, 1.82) is 0 Å². The predicted octanol–water partition coefficient (Wildman–Crippen LogP) is 1.58. The van der Waals surface area contributed by atoms with E-state index in [-0.39, 0.29) is 0 Å². The number of para-hydroxylation sites is 1. The van der Waals surface area contributed by atoms with Gasteiger partial charge < -0.3 is 9.84 Å². The van der Waals surface area contributed by atoms with Crippen LogP contribution in [0.15, 0.2) is 24.3 Å². The molecule has 0 heterocycles. The molecule has 3 nitrogen and oxygen atoms in total. The van der Waals surface area contributed by atoms with Crippen LogP contribution in [-0.2, 0) is 4.79 Å². The Labute approximate surface area is 72.6 Å². The van der Waals surface area contributed by atoms with Gasteiger partial charge in [0.15, 0.2) is 11.6 Å². The van der Waals surface area contributed by atoms with E-state index < -0.39 is 23.9 Å². The van der Waals surface area contributed by atoms with Crippen LogP contribution in [0.5, 0.6) is 5.75 Å². The van der Waals surface area contributed by atoms with Crippen molar-refractivity contribution in [3.05, 3.63) is 30.1 Å². The van der Waals surface area contributed by atoms with Gasteiger partial charge in [0, 0.05) is 0 Å². The lowest BCUT2D eigenvalue weighted by Crippen LogP contribution is -2.21. The van der Waals surface area contributed by atoms with Gasteiger partial charge >= 0.3 is 12.3 Å². The van der Waals surface area contributed by atoms with Crippen LogP contribution in [0.1, 0.15) is 0 Å². The molecule has 0 fully saturated rings. The molecule has 1 aromatic rings. The monoisotopic (exact) mass is 188 g/mol. The van der Waals surface area contributed by atoms with Crippen LogP contribution in [-0.4, -0.2) is 17.4 Å². The molecule has 0 amide bonds. The number of halogens is 2. The highest BCUT2D eigenvalue weighted by molar-refractivity contribution is 5.70. The highest BCUT2D eigenvalue weighted by Crippen LogP contribution is 2.17. The van der Waals surface area contributed by atoms with Crippen molar-refractivity contribution in [1.82, 2.24) is 0 Å². The third-order valence-electron chi connectivity index (χ3n) is 1.26. The van der Waals surface area contributed by atoms with Gasteiger partial charge in [-0.3, -0.25) is 0 Å². The summed E-state index contributed by atoms with van der Waals surface area (Å²) in [6.45, 7) is 0. The molecule has 1 N–H and O–H groups in total. The third kappa shape index (κ3) is 2.40. The summed E-state index contributed by atoms with van der Waals surface area (Å²) in [6, 6.07) is 4.98. The maximum Gasteiger partial charge on any atom is 0.378 e. The molecule has 0 spiro atoms. The summed E-state index contributed by atoms with van der Waals surface area (Å²) in [5, 5.41) is 8.11. The zero-order valence-corrected chi connectivity index (χ0v) is 6.41. The Morgan fingerprint density at radius 3 is 2.62 bits per heavy atom. The molecular weight excluding hydrogens is 182 g/mol. The topological polar surface area (TPSA) is 46.5 Å². The molecule has 1 atom stereocenters. The maximum atomic E-state index is 12.7. The minimum absolute atomic E-state index is 0.419. The van der Waals surface area contributed by atoms with Crippen LogP contribution >= 0.6 is 0 Å². The highest BCUT2D eigenvalue weighted by atomic mass is 19.1. The van der Waals surface area contributed by atoms with Gasteiger partial charge in [0.1, 0.15) is 0 Å². The van der Waals surface area contributed by atoms with Crippen molar-refractivity contribution in [2.45, 2.75) is 6.36 Å². The molecule has 0 saturated heterocycles. The SMILES string of the molecule is O=C(O)C(F)Oc1ccccc1F. The fourth-order valence-corrected chi connectivity index (χ4v) is 0.702. The average Bonchev–Trinajstić information content (AvgIpc) is 2.08. The molecule has 0 aliphatic rings. The zero-order chi connectivity index (χ0) is 9.84.